The number of hydrogen-bond acceptors (Lipinski definition) is 2. The second-order valence-corrected chi connectivity index (χ2v) is 6.33. The summed E-state index contributed by atoms with van der Waals surface area (Å²) in [6.07, 6.45) is 1.13. The Kier molecular flexibility index (Phi) is 5.96. The van der Waals surface area contributed by atoms with Crippen molar-refractivity contribution < 1.29 is 0 Å². The summed E-state index contributed by atoms with van der Waals surface area (Å²) in [7, 11) is 0. The lowest BCUT2D eigenvalue weighted by atomic mass is 10.2. The Morgan fingerprint density at radius 1 is 1.15 bits per heavy atom. The second-order valence-electron chi connectivity index (χ2n) is 4.81. The van der Waals surface area contributed by atoms with E-state index in [4.69, 9.17) is 11.6 Å². The predicted molar refractivity (Wildman–Crippen MR) is 88.8 cm³/mol. The summed E-state index contributed by atoms with van der Waals surface area (Å²) in [5.41, 5.74) is 2.47. The Hall–Kier alpha value is -0.960. The molecule has 106 valence electrons. The van der Waals surface area contributed by atoms with E-state index in [9.17, 15) is 0 Å². The molecule has 0 spiro atoms. The van der Waals surface area contributed by atoms with Crippen LogP contribution in [0.4, 0.5) is 0 Å². The van der Waals surface area contributed by atoms with Gasteiger partial charge >= 0.3 is 0 Å². The third kappa shape index (κ3) is 4.27. The Morgan fingerprint density at radius 2 is 1.95 bits per heavy atom. The minimum absolute atomic E-state index is 0.821. The highest BCUT2D eigenvalue weighted by molar-refractivity contribution is 7.99. The van der Waals surface area contributed by atoms with Gasteiger partial charge in [0.1, 0.15) is 0 Å². The molecule has 0 bridgehead atoms. The van der Waals surface area contributed by atoms with Crippen molar-refractivity contribution in [3.8, 4) is 0 Å². The maximum atomic E-state index is 6.35. The van der Waals surface area contributed by atoms with Crippen molar-refractivity contribution in [2.45, 2.75) is 36.6 Å². The highest BCUT2D eigenvalue weighted by Gasteiger charge is 2.08. The summed E-state index contributed by atoms with van der Waals surface area (Å²) in [6, 6.07) is 14.7. The molecule has 0 aliphatic carbocycles. The van der Waals surface area contributed by atoms with Crippen LogP contribution < -0.4 is 5.32 Å². The molecule has 0 radical (unpaired) electrons. The first-order valence-electron chi connectivity index (χ1n) is 6.93. The Labute approximate surface area is 130 Å². The average molecular weight is 306 g/mol. The number of aryl methyl sites for hydroxylation is 1. The zero-order valence-electron chi connectivity index (χ0n) is 11.9. The summed E-state index contributed by atoms with van der Waals surface area (Å²) >= 11 is 8.13. The molecular formula is C17H20ClNS. The fourth-order valence-electron chi connectivity index (χ4n) is 2.00. The highest BCUT2D eigenvalue weighted by Crippen LogP contribution is 2.34. The normalized spacial score (nSPS) is 10.8. The minimum Gasteiger partial charge on any atom is -0.313 e. The number of rotatable bonds is 6. The van der Waals surface area contributed by atoms with Crippen LogP contribution in [0.3, 0.4) is 0 Å². The quantitative estimate of drug-likeness (QED) is 0.727. The van der Waals surface area contributed by atoms with Gasteiger partial charge in [0.2, 0.25) is 0 Å². The summed E-state index contributed by atoms with van der Waals surface area (Å²) in [6.45, 7) is 6.12. The molecule has 20 heavy (non-hydrogen) atoms. The molecule has 0 aliphatic rings. The van der Waals surface area contributed by atoms with E-state index >= 15 is 0 Å². The van der Waals surface area contributed by atoms with Gasteiger partial charge in [-0.3, -0.25) is 0 Å². The number of benzene rings is 2. The largest absolute Gasteiger partial charge is 0.313 e. The van der Waals surface area contributed by atoms with Crippen molar-refractivity contribution in [2.75, 3.05) is 6.54 Å². The van der Waals surface area contributed by atoms with Crippen LogP contribution in [0.25, 0.3) is 0 Å². The molecule has 0 fully saturated rings. The zero-order chi connectivity index (χ0) is 14.4. The minimum atomic E-state index is 0.821. The maximum absolute atomic E-state index is 6.35. The first-order chi connectivity index (χ1) is 9.70. The molecule has 1 nitrogen and oxygen atoms in total. The lowest BCUT2D eigenvalue weighted by Crippen LogP contribution is -2.14. The average Bonchev–Trinajstić information content (AvgIpc) is 2.42. The van der Waals surface area contributed by atoms with Gasteiger partial charge in [0, 0.05) is 21.4 Å². The van der Waals surface area contributed by atoms with E-state index in [1.165, 1.54) is 20.9 Å². The van der Waals surface area contributed by atoms with Gasteiger partial charge in [-0.15, -0.1) is 0 Å². The van der Waals surface area contributed by atoms with Crippen molar-refractivity contribution in [3.05, 3.63) is 58.6 Å². The molecule has 0 saturated heterocycles. The molecule has 1 N–H and O–H groups in total. The molecular weight excluding hydrogens is 286 g/mol. The van der Waals surface area contributed by atoms with Gasteiger partial charge < -0.3 is 5.32 Å². The first-order valence-corrected chi connectivity index (χ1v) is 8.12. The lowest BCUT2D eigenvalue weighted by molar-refractivity contribution is 0.669. The van der Waals surface area contributed by atoms with E-state index in [-0.39, 0.29) is 0 Å². The molecule has 0 unspecified atom stereocenters. The maximum Gasteiger partial charge on any atom is 0.0462 e. The van der Waals surface area contributed by atoms with Crippen molar-refractivity contribution >= 4 is 23.4 Å². The van der Waals surface area contributed by atoms with Gasteiger partial charge in [0.25, 0.3) is 0 Å². The van der Waals surface area contributed by atoms with Crippen LogP contribution in [0.15, 0.2) is 52.3 Å². The molecule has 0 heterocycles. The van der Waals surface area contributed by atoms with Crippen LogP contribution in [-0.4, -0.2) is 6.54 Å². The smallest absolute Gasteiger partial charge is 0.0462 e. The molecule has 3 heteroatoms. The monoisotopic (exact) mass is 305 g/mol. The van der Waals surface area contributed by atoms with Gasteiger partial charge in [0.15, 0.2) is 0 Å². The molecule has 0 aromatic heterocycles. The summed E-state index contributed by atoms with van der Waals surface area (Å²) in [4.78, 5) is 2.48. The SMILES string of the molecule is CCCNCc1c(Cl)cccc1Sc1cccc(C)c1. The Morgan fingerprint density at radius 3 is 2.70 bits per heavy atom. The van der Waals surface area contributed by atoms with Crippen LogP contribution in [0, 0.1) is 6.92 Å². The fourth-order valence-corrected chi connectivity index (χ4v) is 3.40. The third-order valence-corrected chi connectivity index (χ3v) is 4.47. The van der Waals surface area contributed by atoms with Crippen LogP contribution in [0.1, 0.15) is 24.5 Å². The van der Waals surface area contributed by atoms with Crippen LogP contribution in [0.2, 0.25) is 5.02 Å². The summed E-state index contributed by atoms with van der Waals surface area (Å²) < 4.78 is 0. The van der Waals surface area contributed by atoms with Crippen molar-refractivity contribution in [1.29, 1.82) is 0 Å². The van der Waals surface area contributed by atoms with Crippen molar-refractivity contribution in [2.24, 2.45) is 0 Å². The predicted octanol–water partition coefficient (Wildman–Crippen LogP) is 5.30. The summed E-state index contributed by atoms with van der Waals surface area (Å²) in [5, 5.41) is 4.27. The van der Waals surface area contributed by atoms with Gasteiger partial charge in [-0.2, -0.15) is 0 Å². The standard InChI is InChI=1S/C17H20ClNS/c1-3-10-19-12-15-16(18)8-5-9-17(15)20-14-7-4-6-13(2)11-14/h4-9,11,19H,3,10,12H2,1-2H3. The molecule has 2 aromatic rings. The van der Waals surface area contributed by atoms with Crippen molar-refractivity contribution in [1.82, 2.24) is 5.32 Å². The summed E-state index contributed by atoms with van der Waals surface area (Å²) in [5.74, 6) is 0. The number of nitrogens with one attached hydrogen (secondary N) is 1. The molecule has 0 aliphatic heterocycles. The van der Waals surface area contributed by atoms with E-state index < -0.39 is 0 Å². The van der Waals surface area contributed by atoms with Crippen LogP contribution >= 0.6 is 23.4 Å². The Bertz CT molecular complexity index is 569. The molecule has 0 amide bonds. The topological polar surface area (TPSA) is 12.0 Å². The van der Waals surface area contributed by atoms with Crippen LogP contribution in [-0.2, 0) is 6.54 Å². The van der Waals surface area contributed by atoms with E-state index in [1.807, 2.05) is 12.1 Å². The van der Waals surface area contributed by atoms with Crippen LogP contribution in [0.5, 0.6) is 0 Å². The second kappa shape index (κ2) is 7.72. The molecule has 0 saturated carbocycles. The van der Waals surface area contributed by atoms with Gasteiger partial charge in [-0.05, 0) is 49.7 Å². The van der Waals surface area contributed by atoms with Gasteiger partial charge in [-0.25, -0.2) is 0 Å². The highest BCUT2D eigenvalue weighted by atomic mass is 35.5. The molecule has 0 atom stereocenters. The first kappa shape index (κ1) is 15.4. The van der Waals surface area contributed by atoms with E-state index in [2.05, 4.69) is 49.5 Å². The number of hydrogen-bond donors (Lipinski definition) is 1. The Balaban J connectivity index is 2.20. The molecule has 2 rings (SSSR count). The van der Waals surface area contributed by atoms with E-state index in [0.29, 0.717) is 0 Å². The van der Waals surface area contributed by atoms with E-state index in [0.717, 1.165) is 24.5 Å². The fraction of sp³-hybridized carbons (Fsp3) is 0.294. The number of halogens is 1. The van der Waals surface area contributed by atoms with Crippen molar-refractivity contribution in [3.63, 3.8) is 0 Å². The molecule has 2 aromatic carbocycles. The van der Waals surface area contributed by atoms with E-state index in [1.54, 1.807) is 11.8 Å². The van der Waals surface area contributed by atoms with Gasteiger partial charge in [0.05, 0.1) is 0 Å². The zero-order valence-corrected chi connectivity index (χ0v) is 13.5. The van der Waals surface area contributed by atoms with Gasteiger partial charge in [-0.1, -0.05) is 54.0 Å². The third-order valence-electron chi connectivity index (χ3n) is 3.02. The lowest BCUT2D eigenvalue weighted by Gasteiger charge is -2.12.